The SMILES string of the molecule is Cc1cccc(CN2CCc3nc(C(F)(F)F)[nH]c(=O)c3C2)n1. The van der Waals surface area contributed by atoms with Crippen LogP contribution in [0.25, 0.3) is 0 Å². The van der Waals surface area contributed by atoms with Gasteiger partial charge in [-0.05, 0) is 19.1 Å². The summed E-state index contributed by atoms with van der Waals surface area (Å²) in [6.07, 6.45) is -4.33. The van der Waals surface area contributed by atoms with Crippen molar-refractivity contribution in [1.29, 1.82) is 0 Å². The second-order valence-electron chi connectivity index (χ2n) is 5.57. The summed E-state index contributed by atoms with van der Waals surface area (Å²) in [5.41, 5.74) is 1.58. The van der Waals surface area contributed by atoms with Gasteiger partial charge in [-0.2, -0.15) is 13.2 Å². The van der Waals surface area contributed by atoms with Gasteiger partial charge in [-0.3, -0.25) is 14.7 Å². The molecular weight excluding hydrogens is 309 g/mol. The first-order valence-electron chi connectivity index (χ1n) is 7.17. The summed E-state index contributed by atoms with van der Waals surface area (Å²) in [6, 6.07) is 5.68. The molecule has 5 nitrogen and oxygen atoms in total. The van der Waals surface area contributed by atoms with E-state index >= 15 is 0 Å². The standard InChI is InChI=1S/C15H15F3N4O/c1-9-3-2-4-10(19-9)7-22-6-5-12-11(8-22)13(23)21-14(20-12)15(16,17)18/h2-4H,5-8H2,1H3,(H,20,21,23). The molecular formula is C15H15F3N4O. The summed E-state index contributed by atoms with van der Waals surface area (Å²) in [6.45, 7) is 3.24. The quantitative estimate of drug-likeness (QED) is 0.918. The summed E-state index contributed by atoms with van der Waals surface area (Å²) in [5.74, 6) is -1.23. The summed E-state index contributed by atoms with van der Waals surface area (Å²) < 4.78 is 38.1. The van der Waals surface area contributed by atoms with Crippen LogP contribution in [0, 0.1) is 6.92 Å². The van der Waals surface area contributed by atoms with E-state index in [1.807, 2.05) is 35.0 Å². The monoisotopic (exact) mass is 324 g/mol. The lowest BCUT2D eigenvalue weighted by atomic mass is 10.1. The van der Waals surface area contributed by atoms with Crippen LogP contribution in [0.4, 0.5) is 13.2 Å². The first kappa shape index (κ1) is 15.7. The van der Waals surface area contributed by atoms with Gasteiger partial charge in [0.25, 0.3) is 5.56 Å². The smallest absolute Gasteiger partial charge is 0.303 e. The number of alkyl halides is 3. The maximum Gasteiger partial charge on any atom is 0.449 e. The Hall–Kier alpha value is -2.22. The summed E-state index contributed by atoms with van der Waals surface area (Å²) in [7, 11) is 0. The Kier molecular flexibility index (Phi) is 3.93. The number of hydrogen-bond donors (Lipinski definition) is 1. The number of nitrogens with one attached hydrogen (secondary N) is 1. The van der Waals surface area contributed by atoms with Gasteiger partial charge in [-0.1, -0.05) is 6.07 Å². The van der Waals surface area contributed by atoms with E-state index in [2.05, 4.69) is 9.97 Å². The van der Waals surface area contributed by atoms with Crippen molar-refractivity contribution in [3.63, 3.8) is 0 Å². The number of aromatic nitrogens is 3. The number of rotatable bonds is 2. The molecule has 1 N–H and O–H groups in total. The van der Waals surface area contributed by atoms with Crippen LogP contribution in [-0.2, 0) is 25.7 Å². The third-order valence-corrected chi connectivity index (χ3v) is 3.75. The lowest BCUT2D eigenvalue weighted by molar-refractivity contribution is -0.145. The van der Waals surface area contributed by atoms with Gasteiger partial charge in [0.15, 0.2) is 0 Å². The molecule has 23 heavy (non-hydrogen) atoms. The Bertz CT molecular complexity index is 785. The lowest BCUT2D eigenvalue weighted by Gasteiger charge is -2.27. The predicted octanol–water partition coefficient (Wildman–Crippen LogP) is 2.05. The average molecular weight is 324 g/mol. The second-order valence-corrected chi connectivity index (χ2v) is 5.57. The minimum absolute atomic E-state index is 0.231. The summed E-state index contributed by atoms with van der Waals surface area (Å²) in [5, 5.41) is 0. The van der Waals surface area contributed by atoms with E-state index in [4.69, 9.17) is 0 Å². The van der Waals surface area contributed by atoms with Crippen molar-refractivity contribution in [2.45, 2.75) is 32.6 Å². The molecule has 1 aliphatic rings. The average Bonchev–Trinajstić information content (AvgIpc) is 2.47. The number of aryl methyl sites for hydroxylation is 1. The van der Waals surface area contributed by atoms with Gasteiger partial charge in [-0.15, -0.1) is 0 Å². The van der Waals surface area contributed by atoms with Crippen LogP contribution in [0.15, 0.2) is 23.0 Å². The number of hydrogen-bond acceptors (Lipinski definition) is 4. The first-order chi connectivity index (χ1) is 10.8. The van der Waals surface area contributed by atoms with Crippen LogP contribution in [0.3, 0.4) is 0 Å². The van der Waals surface area contributed by atoms with Crippen molar-refractivity contribution in [2.24, 2.45) is 0 Å². The van der Waals surface area contributed by atoms with Crippen molar-refractivity contribution < 1.29 is 13.2 Å². The molecule has 0 amide bonds. The minimum Gasteiger partial charge on any atom is -0.303 e. The van der Waals surface area contributed by atoms with Crippen LogP contribution in [-0.4, -0.2) is 26.4 Å². The van der Waals surface area contributed by atoms with E-state index in [1.165, 1.54) is 0 Å². The normalized spacial score (nSPS) is 15.5. The Morgan fingerprint density at radius 1 is 1.30 bits per heavy atom. The van der Waals surface area contributed by atoms with E-state index in [0.717, 1.165) is 11.4 Å². The third-order valence-electron chi connectivity index (χ3n) is 3.75. The van der Waals surface area contributed by atoms with Gasteiger partial charge in [0.1, 0.15) is 0 Å². The maximum atomic E-state index is 12.7. The van der Waals surface area contributed by atoms with Crippen LogP contribution in [0.5, 0.6) is 0 Å². The molecule has 0 unspecified atom stereocenters. The van der Waals surface area contributed by atoms with Gasteiger partial charge in [0, 0.05) is 31.7 Å². The molecule has 0 radical (unpaired) electrons. The van der Waals surface area contributed by atoms with Crippen molar-refractivity contribution in [3.05, 3.63) is 57.0 Å². The highest BCUT2D eigenvalue weighted by Crippen LogP contribution is 2.26. The highest BCUT2D eigenvalue weighted by Gasteiger charge is 2.35. The molecule has 0 bridgehead atoms. The molecule has 8 heteroatoms. The van der Waals surface area contributed by atoms with Crippen LogP contribution in [0.1, 0.15) is 28.5 Å². The van der Waals surface area contributed by atoms with E-state index < -0.39 is 17.6 Å². The molecule has 0 spiro atoms. The van der Waals surface area contributed by atoms with Crippen molar-refractivity contribution in [2.75, 3.05) is 6.54 Å². The second kappa shape index (κ2) is 5.77. The van der Waals surface area contributed by atoms with Crippen molar-refractivity contribution >= 4 is 0 Å². The minimum atomic E-state index is -4.64. The van der Waals surface area contributed by atoms with Crippen LogP contribution >= 0.6 is 0 Å². The predicted molar refractivity (Wildman–Crippen MR) is 76.7 cm³/mol. The van der Waals surface area contributed by atoms with Gasteiger partial charge in [-0.25, -0.2) is 4.98 Å². The third kappa shape index (κ3) is 3.42. The molecule has 2 aromatic heterocycles. The number of nitrogens with zero attached hydrogens (tertiary/aromatic N) is 3. The van der Waals surface area contributed by atoms with Gasteiger partial charge in [0.2, 0.25) is 5.82 Å². The van der Waals surface area contributed by atoms with Crippen LogP contribution < -0.4 is 5.56 Å². The van der Waals surface area contributed by atoms with Gasteiger partial charge >= 0.3 is 6.18 Å². The Morgan fingerprint density at radius 2 is 2.09 bits per heavy atom. The maximum absolute atomic E-state index is 12.7. The Morgan fingerprint density at radius 3 is 2.78 bits per heavy atom. The Labute approximate surface area is 130 Å². The van der Waals surface area contributed by atoms with Gasteiger partial charge < -0.3 is 4.98 Å². The molecule has 0 aromatic carbocycles. The molecule has 0 saturated heterocycles. The molecule has 3 heterocycles. The molecule has 0 atom stereocenters. The molecule has 122 valence electrons. The highest BCUT2D eigenvalue weighted by atomic mass is 19.4. The molecule has 0 saturated carbocycles. The Balaban J connectivity index is 1.83. The van der Waals surface area contributed by atoms with E-state index in [0.29, 0.717) is 25.1 Å². The van der Waals surface area contributed by atoms with Crippen molar-refractivity contribution in [3.8, 4) is 0 Å². The number of H-pyrrole nitrogens is 1. The molecule has 0 aliphatic carbocycles. The molecule has 3 rings (SSSR count). The van der Waals surface area contributed by atoms with E-state index in [9.17, 15) is 18.0 Å². The van der Waals surface area contributed by atoms with Crippen LogP contribution in [0.2, 0.25) is 0 Å². The van der Waals surface area contributed by atoms with E-state index in [1.54, 1.807) is 0 Å². The van der Waals surface area contributed by atoms with Crippen molar-refractivity contribution in [1.82, 2.24) is 19.9 Å². The van der Waals surface area contributed by atoms with E-state index in [-0.39, 0.29) is 12.2 Å². The summed E-state index contributed by atoms with van der Waals surface area (Å²) >= 11 is 0. The largest absolute Gasteiger partial charge is 0.449 e. The molecule has 1 aliphatic heterocycles. The summed E-state index contributed by atoms with van der Waals surface area (Å²) in [4.78, 5) is 23.7. The number of aromatic amines is 1. The fourth-order valence-electron chi connectivity index (χ4n) is 2.67. The zero-order valence-corrected chi connectivity index (χ0v) is 12.4. The van der Waals surface area contributed by atoms with Gasteiger partial charge in [0.05, 0.1) is 17.0 Å². The molecule has 0 fully saturated rings. The fraction of sp³-hybridized carbons (Fsp3) is 0.400. The lowest BCUT2D eigenvalue weighted by Crippen LogP contribution is -2.36. The first-order valence-corrected chi connectivity index (χ1v) is 7.17. The molecule has 2 aromatic rings. The number of halogens is 3. The zero-order chi connectivity index (χ0) is 16.6. The zero-order valence-electron chi connectivity index (χ0n) is 12.4. The topological polar surface area (TPSA) is 61.9 Å². The number of fused-ring (bicyclic) bond motifs is 1. The highest BCUT2D eigenvalue weighted by molar-refractivity contribution is 5.22. The number of pyridine rings is 1. The fourth-order valence-corrected chi connectivity index (χ4v) is 2.67.